The van der Waals surface area contributed by atoms with Gasteiger partial charge in [-0.05, 0) is 43.1 Å². The Kier molecular flexibility index (Phi) is 6.54. The molecule has 3 aromatic rings. The third-order valence-corrected chi connectivity index (χ3v) is 3.67. The first-order valence-electron chi connectivity index (χ1n) is 8.76. The molecule has 136 valence electrons. The minimum atomic E-state index is -0.565. The maximum Gasteiger partial charge on any atom is 0.223 e. The smallest absolute Gasteiger partial charge is 0.223 e. The van der Waals surface area contributed by atoms with E-state index in [0.29, 0.717) is 31.0 Å². The van der Waals surface area contributed by atoms with Crippen molar-refractivity contribution in [3.05, 3.63) is 54.2 Å². The van der Waals surface area contributed by atoms with Crippen LogP contribution in [-0.2, 0) is 16.0 Å². The van der Waals surface area contributed by atoms with Crippen LogP contribution in [0.4, 0.5) is 0 Å². The zero-order chi connectivity index (χ0) is 18.9. The number of hydrogen-bond acceptors (Lipinski definition) is 5. The third-order valence-electron chi connectivity index (χ3n) is 3.67. The number of fused-ring (bicyclic) bond motifs is 1. The van der Waals surface area contributed by atoms with Crippen LogP contribution >= 0.6 is 0 Å². The molecule has 2 aromatic heterocycles. The maximum atomic E-state index is 5.36. The topological polar surface area (TPSA) is 62.1 Å². The number of benzene rings is 1. The highest BCUT2D eigenvalue weighted by molar-refractivity contribution is 5.76. The van der Waals surface area contributed by atoms with Crippen LogP contribution in [0.15, 0.2) is 43.0 Å². The molecule has 0 bridgehead atoms. The van der Waals surface area contributed by atoms with E-state index in [-0.39, 0.29) is 0 Å². The first-order valence-corrected chi connectivity index (χ1v) is 8.76. The molecule has 0 aliphatic carbocycles. The summed E-state index contributed by atoms with van der Waals surface area (Å²) in [5.74, 6) is 11.3. The largest absolute Gasteiger partial charge is 0.342 e. The second-order valence-corrected chi connectivity index (χ2v) is 5.51. The van der Waals surface area contributed by atoms with E-state index in [2.05, 4.69) is 50.8 Å². The van der Waals surface area contributed by atoms with Gasteiger partial charge in [-0.3, -0.25) is 0 Å². The summed E-state index contributed by atoms with van der Waals surface area (Å²) < 4.78 is 12.7. The molecular formula is C21H20N4O2. The van der Waals surface area contributed by atoms with Crippen LogP contribution in [0.3, 0.4) is 0 Å². The fourth-order valence-electron chi connectivity index (χ4n) is 2.49. The van der Waals surface area contributed by atoms with E-state index in [1.807, 2.05) is 36.6 Å². The van der Waals surface area contributed by atoms with E-state index in [4.69, 9.17) is 9.47 Å². The molecule has 0 unspecified atom stereocenters. The minimum absolute atomic E-state index is 0.526. The van der Waals surface area contributed by atoms with E-state index in [0.717, 1.165) is 5.65 Å². The highest BCUT2D eigenvalue weighted by atomic mass is 16.7. The third kappa shape index (κ3) is 4.92. The van der Waals surface area contributed by atoms with E-state index >= 15 is 0 Å². The number of hydrogen-bond donors (Lipinski definition) is 0. The van der Waals surface area contributed by atoms with E-state index in [1.165, 1.54) is 11.9 Å². The molecule has 0 fully saturated rings. The molecule has 0 saturated heterocycles. The molecule has 27 heavy (non-hydrogen) atoms. The molecule has 6 heteroatoms. The summed E-state index contributed by atoms with van der Waals surface area (Å²) >= 11 is 0. The van der Waals surface area contributed by atoms with Crippen LogP contribution in [0.25, 0.3) is 11.2 Å². The van der Waals surface area contributed by atoms with E-state index in [9.17, 15) is 0 Å². The van der Waals surface area contributed by atoms with Crippen molar-refractivity contribution in [2.24, 2.45) is 0 Å². The van der Waals surface area contributed by atoms with Crippen LogP contribution in [0.1, 0.15) is 25.1 Å². The number of ether oxygens (including phenoxy) is 2. The first kappa shape index (κ1) is 18.6. The lowest BCUT2D eigenvalue weighted by molar-refractivity contribution is -0.0969. The number of aromatic nitrogens is 4. The van der Waals surface area contributed by atoms with E-state index < -0.39 is 6.29 Å². The average Bonchev–Trinajstić information content (AvgIpc) is 3.10. The Labute approximate surface area is 158 Å². The summed E-state index contributed by atoms with van der Waals surface area (Å²) in [6.45, 7) is 5.52. The molecule has 0 atom stereocenters. The summed E-state index contributed by atoms with van der Waals surface area (Å²) in [4.78, 5) is 13.0. The van der Waals surface area contributed by atoms with Crippen LogP contribution in [0.5, 0.6) is 0 Å². The predicted octanol–water partition coefficient (Wildman–Crippen LogP) is 2.63. The fraction of sp³-hybridized carbons (Fsp3) is 0.286. The number of nitrogens with zero attached hydrogens (tertiary/aromatic N) is 4. The summed E-state index contributed by atoms with van der Waals surface area (Å²) in [6, 6.07) is 10.1. The molecule has 3 rings (SSSR count). The summed E-state index contributed by atoms with van der Waals surface area (Å²) in [6.07, 6.45) is 2.68. The van der Waals surface area contributed by atoms with Crippen molar-refractivity contribution in [3.8, 4) is 23.7 Å². The average molecular weight is 360 g/mol. The Bertz CT molecular complexity index is 1000. The SMILES string of the molecule is CCOC(C#CC#Cc1ncnc2c1ncn2Cc1ccccc1)OCC. The standard InChI is InChI=1S/C21H20N4O2/c1-3-26-19(27-4-2)13-9-8-12-18-20-21(23-15-22-18)25(16-24-20)14-17-10-6-5-7-11-17/h5-7,10-11,15-16,19H,3-4,14H2,1-2H3. The Morgan fingerprint density at radius 1 is 1.00 bits per heavy atom. The molecule has 0 aliphatic heterocycles. The summed E-state index contributed by atoms with van der Waals surface area (Å²) in [7, 11) is 0. The van der Waals surface area contributed by atoms with Gasteiger partial charge < -0.3 is 14.0 Å². The maximum absolute atomic E-state index is 5.36. The Morgan fingerprint density at radius 3 is 2.52 bits per heavy atom. The molecule has 2 heterocycles. The van der Waals surface area contributed by atoms with Gasteiger partial charge in [0.05, 0.1) is 12.9 Å². The normalized spacial score (nSPS) is 10.3. The van der Waals surface area contributed by atoms with Crippen molar-refractivity contribution in [2.45, 2.75) is 26.7 Å². The van der Waals surface area contributed by atoms with Crippen molar-refractivity contribution in [2.75, 3.05) is 13.2 Å². The van der Waals surface area contributed by atoms with Crippen molar-refractivity contribution < 1.29 is 9.47 Å². The Hall–Kier alpha value is -3.19. The Morgan fingerprint density at radius 2 is 1.78 bits per heavy atom. The minimum Gasteiger partial charge on any atom is -0.342 e. The molecule has 0 saturated carbocycles. The molecule has 0 amide bonds. The molecule has 1 aromatic carbocycles. The second-order valence-electron chi connectivity index (χ2n) is 5.51. The van der Waals surface area contributed by atoms with Gasteiger partial charge in [0.2, 0.25) is 6.29 Å². The first-order chi connectivity index (χ1) is 13.3. The predicted molar refractivity (Wildman–Crippen MR) is 103 cm³/mol. The van der Waals surface area contributed by atoms with Gasteiger partial charge in [0, 0.05) is 13.2 Å². The van der Waals surface area contributed by atoms with Crippen LogP contribution in [-0.4, -0.2) is 39.0 Å². The molecule has 6 nitrogen and oxygen atoms in total. The van der Waals surface area contributed by atoms with Crippen molar-refractivity contribution in [1.29, 1.82) is 0 Å². The lowest BCUT2D eigenvalue weighted by Crippen LogP contribution is -2.14. The van der Waals surface area contributed by atoms with Crippen LogP contribution in [0.2, 0.25) is 0 Å². The molecule has 0 N–H and O–H groups in total. The summed E-state index contributed by atoms with van der Waals surface area (Å²) in [5.41, 5.74) is 3.12. The van der Waals surface area contributed by atoms with Crippen LogP contribution in [0, 0.1) is 23.7 Å². The second kappa shape index (κ2) is 9.49. The monoisotopic (exact) mass is 360 g/mol. The van der Waals surface area contributed by atoms with Gasteiger partial charge >= 0.3 is 0 Å². The molecular weight excluding hydrogens is 340 g/mol. The van der Waals surface area contributed by atoms with Gasteiger partial charge in [0.25, 0.3) is 0 Å². The van der Waals surface area contributed by atoms with Gasteiger partial charge in [0.15, 0.2) is 5.65 Å². The van der Waals surface area contributed by atoms with Gasteiger partial charge in [-0.2, -0.15) is 0 Å². The van der Waals surface area contributed by atoms with E-state index in [1.54, 1.807) is 6.33 Å². The molecule has 0 spiro atoms. The Balaban J connectivity index is 1.81. The molecule has 0 radical (unpaired) electrons. The zero-order valence-corrected chi connectivity index (χ0v) is 15.3. The zero-order valence-electron chi connectivity index (χ0n) is 15.3. The fourth-order valence-corrected chi connectivity index (χ4v) is 2.49. The number of rotatable bonds is 6. The van der Waals surface area contributed by atoms with Crippen molar-refractivity contribution in [3.63, 3.8) is 0 Å². The van der Waals surface area contributed by atoms with Gasteiger partial charge in [-0.25, -0.2) is 15.0 Å². The van der Waals surface area contributed by atoms with Crippen molar-refractivity contribution >= 4 is 11.2 Å². The molecule has 0 aliphatic rings. The summed E-state index contributed by atoms with van der Waals surface area (Å²) in [5, 5.41) is 0. The van der Waals surface area contributed by atoms with Gasteiger partial charge in [0.1, 0.15) is 17.5 Å². The van der Waals surface area contributed by atoms with Crippen LogP contribution < -0.4 is 0 Å². The van der Waals surface area contributed by atoms with Gasteiger partial charge in [-0.1, -0.05) is 30.3 Å². The quantitative estimate of drug-likeness (QED) is 0.500. The highest BCUT2D eigenvalue weighted by Gasteiger charge is 2.08. The van der Waals surface area contributed by atoms with Crippen molar-refractivity contribution in [1.82, 2.24) is 19.5 Å². The lowest BCUT2D eigenvalue weighted by atomic mass is 10.2. The van der Waals surface area contributed by atoms with Gasteiger partial charge in [-0.15, -0.1) is 0 Å². The number of imidazole rings is 1. The lowest BCUT2D eigenvalue weighted by Gasteiger charge is -2.08. The highest BCUT2D eigenvalue weighted by Crippen LogP contribution is 2.14.